The Morgan fingerprint density at radius 3 is 2.33 bits per heavy atom. The van der Waals surface area contributed by atoms with E-state index in [1.54, 1.807) is 0 Å². The molecule has 18 heavy (non-hydrogen) atoms. The zero-order valence-electron chi connectivity index (χ0n) is 8.04. The van der Waals surface area contributed by atoms with Crippen molar-refractivity contribution in [1.82, 2.24) is 4.98 Å². The van der Waals surface area contributed by atoms with E-state index in [1.165, 1.54) is 0 Å². The Morgan fingerprint density at radius 1 is 1.39 bits per heavy atom. The standard InChI is InChI=1S/C7H2F6N2O3/c8-3-4(6(9)10)14-1-2(15(16)17)5(3)18-7(11,12)13/h1,6H. The molecule has 0 aromatic carbocycles. The Hall–Kier alpha value is -2.07. The van der Waals surface area contributed by atoms with Crippen LogP contribution in [0, 0.1) is 15.9 Å². The van der Waals surface area contributed by atoms with Gasteiger partial charge in [-0.1, -0.05) is 0 Å². The predicted molar refractivity (Wildman–Crippen MR) is 42.5 cm³/mol. The van der Waals surface area contributed by atoms with Crippen LogP contribution in [0.1, 0.15) is 12.1 Å². The van der Waals surface area contributed by atoms with Crippen LogP contribution < -0.4 is 4.74 Å². The Bertz CT molecular complexity index is 475. The van der Waals surface area contributed by atoms with Crippen molar-refractivity contribution < 1.29 is 36.0 Å². The third-order valence-electron chi connectivity index (χ3n) is 1.60. The number of ether oxygens (including phenoxy) is 1. The number of rotatable bonds is 3. The lowest BCUT2D eigenvalue weighted by Gasteiger charge is -2.11. The number of nitrogens with zero attached hydrogens (tertiary/aromatic N) is 2. The molecule has 1 aromatic heterocycles. The second-order valence-electron chi connectivity index (χ2n) is 2.78. The fourth-order valence-corrected chi connectivity index (χ4v) is 0.970. The quantitative estimate of drug-likeness (QED) is 0.483. The SMILES string of the molecule is O=[N+]([O-])c1cnc(C(F)F)c(F)c1OC(F)(F)F. The van der Waals surface area contributed by atoms with Crippen LogP contribution in [-0.4, -0.2) is 16.3 Å². The first-order valence-corrected chi connectivity index (χ1v) is 4.00. The van der Waals surface area contributed by atoms with Crippen molar-refractivity contribution in [1.29, 1.82) is 0 Å². The van der Waals surface area contributed by atoms with Crippen molar-refractivity contribution in [3.63, 3.8) is 0 Å². The van der Waals surface area contributed by atoms with Gasteiger partial charge in [0.25, 0.3) is 6.43 Å². The fourth-order valence-electron chi connectivity index (χ4n) is 0.970. The molecule has 0 fully saturated rings. The smallest absolute Gasteiger partial charge is 0.395 e. The number of pyridine rings is 1. The Balaban J connectivity index is 3.41. The number of hydrogen-bond acceptors (Lipinski definition) is 4. The molecule has 0 N–H and O–H groups in total. The maximum atomic E-state index is 13.2. The number of hydrogen-bond donors (Lipinski definition) is 0. The summed E-state index contributed by atoms with van der Waals surface area (Å²) in [5.74, 6) is -4.17. The average Bonchev–Trinajstić information content (AvgIpc) is 2.17. The van der Waals surface area contributed by atoms with Gasteiger partial charge in [-0.05, 0) is 0 Å². The molecule has 5 nitrogen and oxygen atoms in total. The molecular formula is C7H2F6N2O3. The lowest BCUT2D eigenvalue weighted by molar-refractivity contribution is -0.389. The van der Waals surface area contributed by atoms with Gasteiger partial charge in [0.2, 0.25) is 5.75 Å². The lowest BCUT2D eigenvalue weighted by atomic mass is 10.3. The van der Waals surface area contributed by atoms with Gasteiger partial charge >= 0.3 is 12.0 Å². The van der Waals surface area contributed by atoms with Crippen molar-refractivity contribution in [2.75, 3.05) is 0 Å². The molecule has 11 heteroatoms. The third kappa shape index (κ3) is 2.99. The van der Waals surface area contributed by atoms with Crippen LogP contribution in [0.4, 0.5) is 32.0 Å². The summed E-state index contributed by atoms with van der Waals surface area (Å²) >= 11 is 0. The van der Waals surface area contributed by atoms with E-state index >= 15 is 0 Å². The van der Waals surface area contributed by atoms with Crippen LogP contribution in [0.25, 0.3) is 0 Å². The van der Waals surface area contributed by atoms with E-state index in [9.17, 15) is 36.5 Å². The second-order valence-corrected chi connectivity index (χ2v) is 2.78. The zero-order chi connectivity index (χ0) is 14.1. The van der Waals surface area contributed by atoms with E-state index in [0.717, 1.165) is 0 Å². The van der Waals surface area contributed by atoms with Crippen LogP contribution in [-0.2, 0) is 0 Å². The summed E-state index contributed by atoms with van der Waals surface area (Å²) in [6, 6.07) is 0. The molecule has 0 saturated heterocycles. The maximum Gasteiger partial charge on any atom is 0.573 e. The first kappa shape index (κ1) is 14.0. The van der Waals surface area contributed by atoms with Crippen molar-refractivity contribution in [2.24, 2.45) is 0 Å². The van der Waals surface area contributed by atoms with Crippen molar-refractivity contribution in [3.8, 4) is 5.75 Å². The first-order chi connectivity index (χ1) is 8.13. The highest BCUT2D eigenvalue weighted by atomic mass is 19.4. The molecular weight excluding hydrogens is 274 g/mol. The van der Waals surface area contributed by atoms with Gasteiger partial charge in [-0.2, -0.15) is 0 Å². The minimum Gasteiger partial charge on any atom is -0.395 e. The fraction of sp³-hybridized carbons (Fsp3) is 0.286. The number of halogens is 6. The Morgan fingerprint density at radius 2 is 1.94 bits per heavy atom. The van der Waals surface area contributed by atoms with Gasteiger partial charge in [0.05, 0.1) is 4.92 Å². The molecule has 1 heterocycles. The third-order valence-corrected chi connectivity index (χ3v) is 1.60. The highest BCUT2D eigenvalue weighted by molar-refractivity contribution is 5.46. The topological polar surface area (TPSA) is 65.3 Å². The number of alkyl halides is 5. The molecule has 0 aliphatic heterocycles. The minimum atomic E-state index is -5.47. The van der Waals surface area contributed by atoms with Gasteiger partial charge < -0.3 is 4.74 Å². The monoisotopic (exact) mass is 276 g/mol. The van der Waals surface area contributed by atoms with Crippen molar-refractivity contribution in [3.05, 3.63) is 27.8 Å². The van der Waals surface area contributed by atoms with Crippen molar-refractivity contribution in [2.45, 2.75) is 12.8 Å². The molecule has 0 unspecified atom stereocenters. The van der Waals surface area contributed by atoms with E-state index < -0.39 is 40.7 Å². The van der Waals surface area contributed by atoms with E-state index in [-0.39, 0.29) is 6.20 Å². The average molecular weight is 276 g/mol. The maximum absolute atomic E-state index is 13.2. The Kier molecular flexibility index (Phi) is 3.62. The molecule has 1 rings (SSSR count). The van der Waals surface area contributed by atoms with Gasteiger partial charge in [-0.3, -0.25) is 10.1 Å². The highest BCUT2D eigenvalue weighted by Crippen LogP contribution is 2.37. The number of nitro groups is 1. The van der Waals surface area contributed by atoms with E-state index in [2.05, 4.69) is 9.72 Å². The largest absolute Gasteiger partial charge is 0.573 e. The summed E-state index contributed by atoms with van der Waals surface area (Å²) in [5.41, 5.74) is -3.17. The van der Waals surface area contributed by atoms with E-state index in [1.807, 2.05) is 0 Å². The Labute approximate surface area is 94.1 Å². The molecule has 1 aromatic rings. The molecule has 0 saturated carbocycles. The highest BCUT2D eigenvalue weighted by Gasteiger charge is 2.38. The van der Waals surface area contributed by atoms with Crippen LogP contribution in [0.15, 0.2) is 6.20 Å². The van der Waals surface area contributed by atoms with Crippen LogP contribution in [0.5, 0.6) is 5.75 Å². The molecule has 0 spiro atoms. The van der Waals surface area contributed by atoms with Crippen LogP contribution in [0.2, 0.25) is 0 Å². The van der Waals surface area contributed by atoms with E-state index in [4.69, 9.17) is 0 Å². The predicted octanol–water partition coefficient (Wildman–Crippen LogP) is 2.97. The summed E-state index contributed by atoms with van der Waals surface area (Å²) in [6.45, 7) is 0. The van der Waals surface area contributed by atoms with Gasteiger partial charge in [0.1, 0.15) is 11.9 Å². The van der Waals surface area contributed by atoms with Gasteiger partial charge in [-0.25, -0.2) is 18.2 Å². The molecule has 0 amide bonds. The lowest BCUT2D eigenvalue weighted by Crippen LogP contribution is -2.19. The molecule has 0 aliphatic rings. The molecule has 0 aliphatic carbocycles. The van der Waals surface area contributed by atoms with Gasteiger partial charge in [0.15, 0.2) is 5.82 Å². The van der Waals surface area contributed by atoms with Gasteiger partial charge in [0, 0.05) is 0 Å². The van der Waals surface area contributed by atoms with Gasteiger partial charge in [-0.15, -0.1) is 13.2 Å². The summed E-state index contributed by atoms with van der Waals surface area (Å²) < 4.78 is 76.2. The summed E-state index contributed by atoms with van der Waals surface area (Å²) in [7, 11) is 0. The molecule has 0 bridgehead atoms. The van der Waals surface area contributed by atoms with Crippen molar-refractivity contribution >= 4 is 5.69 Å². The second kappa shape index (κ2) is 4.66. The zero-order valence-corrected chi connectivity index (χ0v) is 8.04. The van der Waals surface area contributed by atoms with Crippen LogP contribution in [0.3, 0.4) is 0 Å². The first-order valence-electron chi connectivity index (χ1n) is 4.00. The number of aromatic nitrogens is 1. The normalized spacial score (nSPS) is 11.7. The van der Waals surface area contributed by atoms with Crippen LogP contribution >= 0.6 is 0 Å². The van der Waals surface area contributed by atoms with E-state index in [0.29, 0.717) is 0 Å². The molecule has 0 radical (unpaired) electrons. The molecule has 0 atom stereocenters. The summed E-state index contributed by atoms with van der Waals surface area (Å²) in [5, 5.41) is 10.3. The summed E-state index contributed by atoms with van der Waals surface area (Å²) in [4.78, 5) is 11.5. The minimum absolute atomic E-state index is 0.0612. The molecule has 100 valence electrons. The summed E-state index contributed by atoms with van der Waals surface area (Å²) in [6.07, 6.45) is -8.95.